The van der Waals surface area contributed by atoms with Crippen LogP contribution in [0.15, 0.2) is 43.4 Å². The van der Waals surface area contributed by atoms with E-state index in [1.54, 1.807) is 6.20 Å². The second kappa shape index (κ2) is 10.6. The number of nitrogens with two attached hydrogens (primary N) is 3. The molecule has 12 N–H and O–H groups in total. The smallest absolute Gasteiger partial charge is 0.252 e. The van der Waals surface area contributed by atoms with Crippen molar-refractivity contribution in [3.8, 4) is 0 Å². The number of likely N-dealkylation sites (tertiary alicyclic amines) is 1. The van der Waals surface area contributed by atoms with Crippen molar-refractivity contribution in [2.45, 2.75) is 36.9 Å². The zero-order chi connectivity index (χ0) is 25.0. The van der Waals surface area contributed by atoms with Gasteiger partial charge in [0.2, 0.25) is 5.91 Å². The maximum absolute atomic E-state index is 13.1. The van der Waals surface area contributed by atoms with Crippen molar-refractivity contribution >= 4 is 23.4 Å². The normalized spacial score (nSPS) is 29.1. The molecule has 4 rings (SSSR count). The summed E-state index contributed by atoms with van der Waals surface area (Å²) in [5.41, 5.74) is 0.362. The van der Waals surface area contributed by atoms with Crippen LogP contribution in [0.25, 0.3) is 0 Å². The number of amides is 2. The molecule has 2 saturated heterocycles. The molecule has 0 aromatic carbocycles. The third-order valence-electron chi connectivity index (χ3n) is 6.36. The lowest BCUT2D eigenvalue weighted by atomic mass is 9.88. The molecule has 1 spiro atoms. The van der Waals surface area contributed by atoms with Crippen LogP contribution in [0.3, 0.4) is 0 Å². The molecule has 4 aliphatic heterocycles. The summed E-state index contributed by atoms with van der Waals surface area (Å²) in [4.78, 5) is 27.7. The Hall–Kier alpha value is -3.25. The number of rotatable bonds is 5. The van der Waals surface area contributed by atoms with Crippen LogP contribution in [0.1, 0.15) is 12.8 Å². The fourth-order valence-corrected chi connectivity index (χ4v) is 4.77. The first-order chi connectivity index (χ1) is 16.9. The molecule has 2 amide bonds. The van der Waals surface area contributed by atoms with E-state index in [2.05, 4.69) is 52.6 Å². The van der Waals surface area contributed by atoms with Gasteiger partial charge in [-0.1, -0.05) is 22.0 Å². The maximum atomic E-state index is 13.1. The molecule has 4 aliphatic rings. The first-order valence-electron chi connectivity index (χ1n) is 11.0. The van der Waals surface area contributed by atoms with Gasteiger partial charge in [0, 0.05) is 43.5 Å². The van der Waals surface area contributed by atoms with E-state index >= 15 is 0 Å². The summed E-state index contributed by atoms with van der Waals surface area (Å²) in [6, 6.07) is -0.969. The Morgan fingerprint density at radius 3 is 2.63 bits per heavy atom. The van der Waals surface area contributed by atoms with Gasteiger partial charge in [-0.25, -0.2) is 5.01 Å². The fraction of sp³-hybridized carbons (Fsp3) is 0.647. The van der Waals surface area contributed by atoms with Crippen LogP contribution in [-0.2, 0) is 9.59 Å². The Balaban J connectivity index is 1.36. The number of piperidine rings is 1. The predicted molar refractivity (Wildman–Crippen MR) is 123 cm³/mol. The van der Waals surface area contributed by atoms with Crippen molar-refractivity contribution in [2.24, 2.45) is 38.2 Å². The molecule has 0 bridgehead atoms. The minimum absolute atomic E-state index is 0.0152. The molecule has 0 aromatic rings. The molecule has 0 saturated carbocycles. The zero-order valence-electron chi connectivity index (χ0n) is 18.9. The van der Waals surface area contributed by atoms with Gasteiger partial charge in [-0.3, -0.25) is 26.1 Å². The monoisotopic (exact) mass is 511 g/mol. The van der Waals surface area contributed by atoms with E-state index in [0.29, 0.717) is 51.3 Å². The van der Waals surface area contributed by atoms with E-state index in [4.69, 9.17) is 29.1 Å². The first kappa shape index (κ1) is 24.9. The molecule has 2 fully saturated rings. The Bertz CT molecular complexity index is 944. The van der Waals surface area contributed by atoms with Gasteiger partial charge in [0.1, 0.15) is 17.5 Å². The van der Waals surface area contributed by atoms with Gasteiger partial charge >= 0.3 is 0 Å². The van der Waals surface area contributed by atoms with Crippen LogP contribution in [0.4, 0.5) is 0 Å². The highest BCUT2D eigenvalue weighted by atomic mass is 35.5. The maximum Gasteiger partial charge on any atom is 0.252 e. The Kier molecular flexibility index (Phi) is 7.51. The van der Waals surface area contributed by atoms with Crippen molar-refractivity contribution in [1.29, 1.82) is 0 Å². The van der Waals surface area contributed by atoms with Crippen LogP contribution >= 0.6 is 11.6 Å². The summed E-state index contributed by atoms with van der Waals surface area (Å²) in [7, 11) is 0. The van der Waals surface area contributed by atoms with E-state index in [0.717, 1.165) is 0 Å². The molecule has 18 heteroatoms. The number of carbonyl (C=O) groups excluding carboxylic acids is 2. The average molecular weight is 512 g/mol. The van der Waals surface area contributed by atoms with Crippen molar-refractivity contribution in [3.05, 3.63) is 22.8 Å². The minimum Gasteiger partial charge on any atom is -0.378 e. The third kappa shape index (κ3) is 5.38. The average Bonchev–Trinajstić information content (AvgIpc) is 3.15. The zero-order valence-corrected chi connectivity index (χ0v) is 19.6. The van der Waals surface area contributed by atoms with Crippen molar-refractivity contribution in [2.75, 3.05) is 32.8 Å². The third-order valence-corrected chi connectivity index (χ3v) is 6.65. The number of hydrogen-bond acceptors (Lipinski definition) is 13. The number of carbonyl (C=O) groups is 2. The fourth-order valence-electron chi connectivity index (χ4n) is 4.56. The summed E-state index contributed by atoms with van der Waals surface area (Å²) in [6.07, 6.45) is 1.56. The summed E-state index contributed by atoms with van der Waals surface area (Å²) in [5.74, 6) is 16.1. The largest absolute Gasteiger partial charge is 0.378 e. The topological polar surface area (TPSA) is 240 Å². The van der Waals surface area contributed by atoms with E-state index < -0.39 is 24.4 Å². The van der Waals surface area contributed by atoms with Gasteiger partial charge in [0.25, 0.3) is 5.91 Å². The van der Waals surface area contributed by atoms with Crippen molar-refractivity contribution in [3.63, 3.8) is 0 Å². The summed E-state index contributed by atoms with van der Waals surface area (Å²) in [6.45, 7) is 2.83. The SMILES string of the molecule is NN=NC1=C(Cl)NC(C(=O)NC2NC3(CCN(C(=O)C4=CNCNC4)CC3)CN2N)C(N=NN)N1. The quantitative estimate of drug-likeness (QED) is 0.0757. The number of hydrazine groups is 1. The lowest BCUT2D eigenvalue weighted by Crippen LogP contribution is -2.63. The van der Waals surface area contributed by atoms with Gasteiger partial charge in [-0.05, 0) is 12.8 Å². The van der Waals surface area contributed by atoms with Gasteiger partial charge < -0.3 is 37.9 Å². The molecule has 192 valence electrons. The molecule has 3 unspecified atom stereocenters. The number of nitrogens with zero attached hydrogens (tertiary/aromatic N) is 6. The highest BCUT2D eigenvalue weighted by molar-refractivity contribution is 6.29. The molecular formula is C17H30ClN15O2. The Labute approximate surface area is 205 Å². The van der Waals surface area contributed by atoms with Crippen LogP contribution in [0, 0.1) is 0 Å². The van der Waals surface area contributed by atoms with E-state index in [1.807, 2.05) is 4.90 Å². The summed E-state index contributed by atoms with van der Waals surface area (Å²) in [5, 5.41) is 33.4. The van der Waals surface area contributed by atoms with E-state index in [1.165, 1.54) is 5.01 Å². The standard InChI is InChI=1S/C17H30ClN15O2/c18-11-13(29-31-20)25-12(28-30-19)10(24-11)14(34)26-16-27-17(7-33(16)21)1-3-32(4-2-17)15(35)9-5-22-8-23-6-9/h5,10,12,16,22-25,27H,1-4,6-8,21H2,(H2,19,28)(H2,20,29)(H,26,34). The predicted octanol–water partition coefficient (Wildman–Crippen LogP) is -3.53. The van der Waals surface area contributed by atoms with Crippen LogP contribution in [0.2, 0.25) is 0 Å². The molecule has 0 aliphatic carbocycles. The molecule has 0 radical (unpaired) electrons. The summed E-state index contributed by atoms with van der Waals surface area (Å²) >= 11 is 6.14. The lowest BCUT2D eigenvalue weighted by molar-refractivity contribution is -0.128. The first-order valence-corrected chi connectivity index (χ1v) is 11.4. The Morgan fingerprint density at radius 2 is 1.97 bits per heavy atom. The van der Waals surface area contributed by atoms with E-state index in [9.17, 15) is 9.59 Å². The second-order valence-corrected chi connectivity index (χ2v) is 8.98. The molecule has 35 heavy (non-hydrogen) atoms. The highest BCUT2D eigenvalue weighted by Crippen LogP contribution is 2.28. The van der Waals surface area contributed by atoms with Gasteiger partial charge in [-0.15, -0.1) is 10.2 Å². The van der Waals surface area contributed by atoms with Crippen LogP contribution in [0.5, 0.6) is 0 Å². The van der Waals surface area contributed by atoms with E-state index in [-0.39, 0.29) is 22.4 Å². The van der Waals surface area contributed by atoms with Crippen molar-refractivity contribution in [1.82, 2.24) is 41.8 Å². The minimum atomic E-state index is -0.969. The van der Waals surface area contributed by atoms with Crippen molar-refractivity contribution < 1.29 is 9.59 Å². The summed E-state index contributed by atoms with van der Waals surface area (Å²) < 4.78 is 0. The molecule has 4 heterocycles. The molecular weight excluding hydrogens is 482 g/mol. The van der Waals surface area contributed by atoms with Gasteiger partial charge in [-0.2, -0.15) is 0 Å². The number of hydrogen-bond donors (Lipinski definition) is 9. The lowest BCUT2D eigenvalue weighted by Gasteiger charge is -2.39. The Morgan fingerprint density at radius 1 is 1.20 bits per heavy atom. The highest BCUT2D eigenvalue weighted by Gasteiger charge is 2.46. The molecule has 17 nitrogen and oxygen atoms in total. The van der Waals surface area contributed by atoms with Crippen LogP contribution in [-0.4, -0.2) is 78.6 Å². The second-order valence-electron chi connectivity index (χ2n) is 8.60. The van der Waals surface area contributed by atoms with Gasteiger partial charge in [0.05, 0.1) is 6.67 Å². The van der Waals surface area contributed by atoms with Gasteiger partial charge in [0.15, 0.2) is 12.0 Å². The number of halogens is 1. The van der Waals surface area contributed by atoms with Crippen LogP contribution < -0.4 is 49.4 Å². The number of nitrogens with one attached hydrogen (secondary N) is 6. The molecule has 3 atom stereocenters. The molecule has 0 aromatic heterocycles.